The number of pyridine rings is 1. The molecular formula is C14H11NO3. The van der Waals surface area contributed by atoms with Crippen LogP contribution in [0.4, 0.5) is 0 Å². The number of aromatic carboxylic acids is 1. The summed E-state index contributed by atoms with van der Waals surface area (Å²) >= 11 is 0. The maximum Gasteiger partial charge on any atom is 0.337 e. The Balaban J connectivity index is 2.48. The molecule has 1 N–H and O–H groups in total. The quantitative estimate of drug-likeness (QED) is 0.659. The van der Waals surface area contributed by atoms with Crippen molar-refractivity contribution >= 4 is 16.7 Å². The molecule has 4 nitrogen and oxygen atoms in total. The number of aromatic nitrogens is 1. The van der Waals surface area contributed by atoms with Crippen molar-refractivity contribution in [1.29, 1.82) is 0 Å². The molecule has 0 aliphatic carbocycles. The van der Waals surface area contributed by atoms with Crippen LogP contribution in [0.1, 0.15) is 16.8 Å². The van der Waals surface area contributed by atoms with Gasteiger partial charge >= 0.3 is 5.97 Å². The number of nitrogens with zero attached hydrogens (tertiary/aromatic N) is 1. The Morgan fingerprint density at radius 3 is 2.78 bits per heavy atom. The first kappa shape index (κ1) is 11.9. The number of rotatable bonds is 4. The van der Waals surface area contributed by atoms with Crippen LogP contribution in [0.15, 0.2) is 30.5 Å². The van der Waals surface area contributed by atoms with Crippen molar-refractivity contribution in [3.05, 3.63) is 36.0 Å². The molecule has 1 heterocycles. The number of benzene rings is 1. The first-order valence-electron chi connectivity index (χ1n) is 5.41. The first-order valence-corrected chi connectivity index (χ1v) is 5.41. The van der Waals surface area contributed by atoms with Crippen molar-refractivity contribution in [3.8, 4) is 18.2 Å². The zero-order valence-electron chi connectivity index (χ0n) is 9.59. The molecule has 2 rings (SSSR count). The van der Waals surface area contributed by atoms with E-state index in [-0.39, 0.29) is 5.56 Å². The van der Waals surface area contributed by atoms with Crippen LogP contribution in [-0.4, -0.2) is 22.7 Å². The summed E-state index contributed by atoms with van der Waals surface area (Å²) in [7, 11) is 0. The third-order valence-electron chi connectivity index (χ3n) is 2.47. The van der Waals surface area contributed by atoms with Gasteiger partial charge in [-0.2, -0.15) is 0 Å². The topological polar surface area (TPSA) is 59.4 Å². The molecule has 4 heteroatoms. The van der Waals surface area contributed by atoms with Gasteiger partial charge in [0.2, 0.25) is 5.88 Å². The summed E-state index contributed by atoms with van der Waals surface area (Å²) in [6, 6.07) is 7.10. The Morgan fingerprint density at radius 2 is 2.11 bits per heavy atom. The molecule has 0 saturated heterocycles. The van der Waals surface area contributed by atoms with Crippen molar-refractivity contribution in [2.45, 2.75) is 6.42 Å². The lowest BCUT2D eigenvalue weighted by molar-refractivity contribution is 0.0698. The molecule has 1 aromatic heterocycles. The number of carboxylic acid groups (broad SMARTS) is 1. The van der Waals surface area contributed by atoms with Gasteiger partial charge in [-0.1, -0.05) is 18.2 Å². The second-order valence-electron chi connectivity index (χ2n) is 3.63. The van der Waals surface area contributed by atoms with Gasteiger partial charge in [0.05, 0.1) is 5.56 Å². The zero-order chi connectivity index (χ0) is 13.0. The highest BCUT2D eigenvalue weighted by Crippen LogP contribution is 2.26. The van der Waals surface area contributed by atoms with Crippen LogP contribution in [0.2, 0.25) is 0 Å². The highest BCUT2D eigenvalue weighted by Gasteiger charge is 2.12. The minimum absolute atomic E-state index is 0.162. The Labute approximate surface area is 104 Å². The molecule has 18 heavy (non-hydrogen) atoms. The third kappa shape index (κ3) is 2.25. The Hall–Kier alpha value is -2.54. The number of ether oxygens (including phenoxy) is 1. The fourth-order valence-electron chi connectivity index (χ4n) is 1.66. The van der Waals surface area contributed by atoms with Crippen LogP contribution in [0.25, 0.3) is 10.8 Å². The highest BCUT2D eigenvalue weighted by atomic mass is 16.5. The van der Waals surface area contributed by atoms with Gasteiger partial charge in [-0.15, -0.1) is 12.3 Å². The molecule has 0 bridgehead atoms. The van der Waals surface area contributed by atoms with Crippen LogP contribution in [0, 0.1) is 12.3 Å². The van der Waals surface area contributed by atoms with Gasteiger partial charge < -0.3 is 9.84 Å². The van der Waals surface area contributed by atoms with E-state index in [0.29, 0.717) is 29.7 Å². The van der Waals surface area contributed by atoms with Crippen molar-refractivity contribution in [1.82, 2.24) is 4.98 Å². The summed E-state index contributed by atoms with van der Waals surface area (Å²) in [4.78, 5) is 15.1. The lowest BCUT2D eigenvalue weighted by atomic mass is 10.1. The lowest BCUT2D eigenvalue weighted by Gasteiger charge is -2.08. The van der Waals surface area contributed by atoms with Gasteiger partial charge in [0, 0.05) is 23.4 Å². The molecule has 0 spiro atoms. The van der Waals surface area contributed by atoms with E-state index >= 15 is 0 Å². The fourth-order valence-corrected chi connectivity index (χ4v) is 1.66. The largest absolute Gasteiger partial charge is 0.478 e. The van der Waals surface area contributed by atoms with Crippen molar-refractivity contribution < 1.29 is 14.6 Å². The number of hydrogen-bond donors (Lipinski definition) is 1. The number of hydrogen-bond acceptors (Lipinski definition) is 3. The average molecular weight is 241 g/mol. The van der Waals surface area contributed by atoms with Crippen LogP contribution in [0.5, 0.6) is 5.88 Å². The van der Waals surface area contributed by atoms with E-state index in [1.54, 1.807) is 18.2 Å². The number of carboxylic acids is 1. The highest BCUT2D eigenvalue weighted by molar-refractivity contribution is 6.04. The normalized spacial score (nSPS) is 9.94. The van der Waals surface area contributed by atoms with E-state index < -0.39 is 5.97 Å². The molecule has 0 fully saturated rings. The second-order valence-corrected chi connectivity index (χ2v) is 3.63. The predicted molar refractivity (Wildman–Crippen MR) is 67.6 cm³/mol. The monoisotopic (exact) mass is 241 g/mol. The van der Waals surface area contributed by atoms with E-state index in [9.17, 15) is 4.79 Å². The summed E-state index contributed by atoms with van der Waals surface area (Å²) in [5.74, 6) is 1.87. The van der Waals surface area contributed by atoms with Crippen LogP contribution in [0.3, 0.4) is 0 Å². The van der Waals surface area contributed by atoms with E-state index in [1.807, 2.05) is 6.07 Å². The molecule has 0 saturated carbocycles. The minimum Gasteiger partial charge on any atom is -0.478 e. The van der Waals surface area contributed by atoms with Gasteiger partial charge in [0.1, 0.15) is 6.61 Å². The first-order chi connectivity index (χ1) is 8.74. The number of carbonyl (C=O) groups is 1. The lowest BCUT2D eigenvalue weighted by Crippen LogP contribution is -2.03. The van der Waals surface area contributed by atoms with Crippen molar-refractivity contribution in [2.24, 2.45) is 0 Å². The number of terminal acetylenes is 1. The molecular weight excluding hydrogens is 230 g/mol. The van der Waals surface area contributed by atoms with E-state index in [1.165, 1.54) is 6.20 Å². The van der Waals surface area contributed by atoms with Crippen molar-refractivity contribution in [2.75, 3.05) is 6.61 Å². The Bertz CT molecular complexity index is 628. The van der Waals surface area contributed by atoms with E-state index in [2.05, 4.69) is 10.9 Å². The van der Waals surface area contributed by atoms with Crippen molar-refractivity contribution in [3.63, 3.8) is 0 Å². The molecule has 2 aromatic rings. The van der Waals surface area contributed by atoms with Crippen LogP contribution < -0.4 is 4.74 Å². The van der Waals surface area contributed by atoms with E-state index in [0.717, 1.165) is 0 Å². The smallest absolute Gasteiger partial charge is 0.337 e. The van der Waals surface area contributed by atoms with Gasteiger partial charge in [-0.05, 0) is 6.07 Å². The summed E-state index contributed by atoms with van der Waals surface area (Å²) in [6.07, 6.45) is 6.93. The molecule has 0 atom stereocenters. The second kappa shape index (κ2) is 5.19. The average Bonchev–Trinajstić information content (AvgIpc) is 2.38. The molecule has 0 radical (unpaired) electrons. The summed E-state index contributed by atoms with van der Waals surface area (Å²) in [5, 5.41) is 10.4. The molecule has 90 valence electrons. The SMILES string of the molecule is C#CCCOc1ncc(C(=O)O)c2ccccc12. The molecule has 1 aromatic carbocycles. The fraction of sp³-hybridized carbons (Fsp3) is 0.143. The Kier molecular flexibility index (Phi) is 3.44. The van der Waals surface area contributed by atoms with Gasteiger partial charge in [0.25, 0.3) is 0 Å². The standard InChI is InChI=1S/C14H11NO3/c1-2-3-8-18-13-11-7-5-4-6-10(11)12(9-15-13)14(16)17/h1,4-7,9H,3,8H2,(H,16,17). The number of fused-ring (bicyclic) bond motifs is 1. The predicted octanol–water partition coefficient (Wildman–Crippen LogP) is 2.34. The van der Waals surface area contributed by atoms with E-state index in [4.69, 9.17) is 16.3 Å². The Morgan fingerprint density at radius 1 is 1.39 bits per heavy atom. The molecule has 0 aliphatic heterocycles. The minimum atomic E-state index is -1.01. The molecule has 0 amide bonds. The molecule has 0 aliphatic rings. The summed E-state index contributed by atoms with van der Waals surface area (Å²) in [5.41, 5.74) is 0.162. The molecule has 0 unspecified atom stereocenters. The van der Waals surface area contributed by atoms with Gasteiger partial charge in [-0.3, -0.25) is 0 Å². The third-order valence-corrected chi connectivity index (χ3v) is 2.47. The maximum absolute atomic E-state index is 11.1. The van der Waals surface area contributed by atoms with Gasteiger partial charge in [-0.25, -0.2) is 9.78 Å². The zero-order valence-corrected chi connectivity index (χ0v) is 9.59. The summed E-state index contributed by atoms with van der Waals surface area (Å²) < 4.78 is 5.45. The van der Waals surface area contributed by atoms with Crippen LogP contribution >= 0.6 is 0 Å². The summed E-state index contributed by atoms with van der Waals surface area (Å²) in [6.45, 7) is 0.361. The van der Waals surface area contributed by atoms with Gasteiger partial charge in [0.15, 0.2) is 0 Å². The van der Waals surface area contributed by atoms with Crippen LogP contribution in [-0.2, 0) is 0 Å². The maximum atomic E-state index is 11.1.